The number of carbonyl (C=O) groups excluding carboxylic acids is 1. The van der Waals surface area contributed by atoms with E-state index in [2.05, 4.69) is 22.3 Å². The van der Waals surface area contributed by atoms with E-state index in [9.17, 15) is 4.79 Å². The minimum absolute atomic E-state index is 0. The maximum atomic E-state index is 9.18. The third-order valence-electron chi connectivity index (χ3n) is 1.48. The molecular weight excluding hydrogens is 192 g/mol. The minimum atomic E-state index is 0. The summed E-state index contributed by atoms with van der Waals surface area (Å²) in [6.45, 7) is 8.23. The minimum Gasteiger partial charge on any atom is -0.468 e. The average molecular weight is 211 g/mol. The molecule has 4 nitrogen and oxygen atoms in total. The van der Waals surface area contributed by atoms with E-state index in [0.29, 0.717) is 19.1 Å². The fourth-order valence-corrected chi connectivity index (χ4v) is 0.866. The summed E-state index contributed by atoms with van der Waals surface area (Å²) < 4.78 is 4.15. The second-order valence-corrected chi connectivity index (χ2v) is 2.61. The summed E-state index contributed by atoms with van der Waals surface area (Å²) in [6, 6.07) is 0.675. The molecular formula is C8H19ClN2O2. The molecule has 0 spiro atoms. The van der Waals surface area contributed by atoms with Crippen LogP contribution >= 0.6 is 12.4 Å². The van der Waals surface area contributed by atoms with Crippen molar-refractivity contribution in [2.75, 3.05) is 26.2 Å². The first kappa shape index (κ1) is 15.2. The second-order valence-electron chi connectivity index (χ2n) is 2.61. The molecule has 0 amide bonds. The maximum Gasteiger partial charge on any atom is 0.293 e. The quantitative estimate of drug-likeness (QED) is 0.638. The van der Waals surface area contributed by atoms with Crippen LogP contribution in [-0.2, 0) is 9.53 Å². The number of hydrogen-bond donors (Lipinski definition) is 2. The molecule has 1 heterocycles. The highest BCUT2D eigenvalue weighted by Crippen LogP contribution is 1.80. The van der Waals surface area contributed by atoms with Crippen LogP contribution in [0, 0.1) is 0 Å². The zero-order chi connectivity index (χ0) is 9.23. The lowest BCUT2D eigenvalue weighted by Gasteiger charge is -2.19. The average Bonchev–Trinajstić information content (AvgIpc) is 2.08. The largest absolute Gasteiger partial charge is 0.468 e. The standard InChI is InChI=1S/C5H12N2.C3H6O2.ClH/c1-5-4-6-2-3-7-5;1-2-5-3-4;/h5-7H,2-4H2,1H3;3H,2H2,1H3;1H/t5-;;/m1../s1. The third-order valence-corrected chi connectivity index (χ3v) is 1.48. The smallest absolute Gasteiger partial charge is 0.293 e. The van der Waals surface area contributed by atoms with Crippen LogP contribution < -0.4 is 10.6 Å². The van der Waals surface area contributed by atoms with E-state index in [0.717, 1.165) is 19.6 Å². The van der Waals surface area contributed by atoms with Crippen LogP contribution in [0.5, 0.6) is 0 Å². The molecule has 1 saturated heterocycles. The molecule has 5 heteroatoms. The highest BCUT2D eigenvalue weighted by Gasteiger charge is 2.03. The molecule has 0 unspecified atom stereocenters. The molecule has 0 aromatic heterocycles. The van der Waals surface area contributed by atoms with Crippen molar-refractivity contribution in [1.82, 2.24) is 10.6 Å². The molecule has 0 radical (unpaired) electrons. The Balaban J connectivity index is 0. The van der Waals surface area contributed by atoms with Crippen molar-refractivity contribution < 1.29 is 9.53 Å². The molecule has 0 bridgehead atoms. The van der Waals surface area contributed by atoms with Crippen LogP contribution in [0.25, 0.3) is 0 Å². The molecule has 0 saturated carbocycles. The van der Waals surface area contributed by atoms with Gasteiger partial charge in [-0.05, 0) is 13.8 Å². The van der Waals surface area contributed by atoms with Gasteiger partial charge in [0, 0.05) is 25.7 Å². The number of ether oxygens (including phenoxy) is 1. The second kappa shape index (κ2) is 11.7. The summed E-state index contributed by atoms with van der Waals surface area (Å²) in [7, 11) is 0. The Morgan fingerprint density at radius 1 is 1.54 bits per heavy atom. The Kier molecular flexibility index (Phi) is 13.6. The normalized spacial score (nSPS) is 20.3. The molecule has 0 aliphatic carbocycles. The van der Waals surface area contributed by atoms with Gasteiger partial charge in [-0.15, -0.1) is 12.4 Å². The van der Waals surface area contributed by atoms with Gasteiger partial charge in [0.1, 0.15) is 0 Å². The first-order valence-electron chi connectivity index (χ1n) is 4.30. The first-order valence-corrected chi connectivity index (χ1v) is 4.30. The van der Waals surface area contributed by atoms with Crippen LogP contribution in [0.3, 0.4) is 0 Å². The number of piperazine rings is 1. The van der Waals surface area contributed by atoms with Crippen molar-refractivity contribution in [2.45, 2.75) is 19.9 Å². The van der Waals surface area contributed by atoms with E-state index in [4.69, 9.17) is 0 Å². The Morgan fingerprint density at radius 2 is 2.23 bits per heavy atom. The lowest BCUT2D eigenvalue weighted by molar-refractivity contribution is -0.128. The van der Waals surface area contributed by atoms with Gasteiger partial charge in [-0.3, -0.25) is 4.79 Å². The summed E-state index contributed by atoms with van der Waals surface area (Å²) in [5.41, 5.74) is 0. The predicted molar refractivity (Wildman–Crippen MR) is 55.3 cm³/mol. The van der Waals surface area contributed by atoms with E-state index in [1.165, 1.54) is 0 Å². The fraction of sp³-hybridized carbons (Fsp3) is 0.875. The molecule has 13 heavy (non-hydrogen) atoms. The number of halogens is 1. The summed E-state index contributed by atoms with van der Waals surface area (Å²) in [5, 5.41) is 6.59. The molecule has 2 N–H and O–H groups in total. The van der Waals surface area contributed by atoms with E-state index in [1.54, 1.807) is 6.92 Å². The summed E-state index contributed by atoms with van der Waals surface area (Å²) in [6.07, 6.45) is 0. The first-order chi connectivity index (χ1) is 5.81. The molecule has 1 aliphatic rings. The summed E-state index contributed by atoms with van der Waals surface area (Å²) >= 11 is 0. The Labute approximate surface area is 85.8 Å². The number of carbonyl (C=O) groups is 1. The SMILES string of the molecule is CCOC=O.C[C@@H]1CNCCN1.Cl. The van der Waals surface area contributed by atoms with Gasteiger partial charge in [0.25, 0.3) is 6.47 Å². The zero-order valence-electron chi connectivity index (χ0n) is 8.21. The highest BCUT2D eigenvalue weighted by molar-refractivity contribution is 5.85. The van der Waals surface area contributed by atoms with Gasteiger partial charge in [0.2, 0.25) is 0 Å². The number of nitrogens with one attached hydrogen (secondary N) is 2. The third kappa shape index (κ3) is 11.7. The van der Waals surface area contributed by atoms with E-state index < -0.39 is 0 Å². The highest BCUT2D eigenvalue weighted by atomic mass is 35.5. The maximum absolute atomic E-state index is 9.18. The topological polar surface area (TPSA) is 50.4 Å². The molecule has 1 aliphatic heterocycles. The van der Waals surface area contributed by atoms with Crippen LogP contribution in [-0.4, -0.2) is 38.8 Å². The predicted octanol–water partition coefficient (Wildman–Crippen LogP) is 0.169. The van der Waals surface area contributed by atoms with Gasteiger partial charge in [-0.1, -0.05) is 0 Å². The molecule has 0 aromatic carbocycles. The zero-order valence-corrected chi connectivity index (χ0v) is 9.02. The van der Waals surface area contributed by atoms with Gasteiger partial charge < -0.3 is 15.4 Å². The summed E-state index contributed by atoms with van der Waals surface area (Å²) in [4.78, 5) is 9.18. The van der Waals surface area contributed by atoms with Crippen LogP contribution in [0.1, 0.15) is 13.8 Å². The van der Waals surface area contributed by atoms with Crippen molar-refractivity contribution in [3.8, 4) is 0 Å². The number of rotatable bonds is 2. The molecule has 80 valence electrons. The van der Waals surface area contributed by atoms with E-state index >= 15 is 0 Å². The molecule has 1 atom stereocenters. The lowest BCUT2D eigenvalue weighted by atomic mass is 10.3. The van der Waals surface area contributed by atoms with E-state index in [-0.39, 0.29) is 12.4 Å². The van der Waals surface area contributed by atoms with Crippen LogP contribution in [0.4, 0.5) is 0 Å². The Hall–Kier alpha value is -0.320. The molecule has 1 fully saturated rings. The van der Waals surface area contributed by atoms with E-state index in [1.807, 2.05) is 0 Å². The van der Waals surface area contributed by atoms with Crippen molar-refractivity contribution in [3.63, 3.8) is 0 Å². The monoisotopic (exact) mass is 210 g/mol. The lowest BCUT2D eigenvalue weighted by Crippen LogP contribution is -2.46. The molecule has 1 rings (SSSR count). The van der Waals surface area contributed by atoms with Gasteiger partial charge in [0.15, 0.2) is 0 Å². The van der Waals surface area contributed by atoms with Gasteiger partial charge in [-0.2, -0.15) is 0 Å². The Bertz CT molecular complexity index is 108. The van der Waals surface area contributed by atoms with Crippen LogP contribution in [0.2, 0.25) is 0 Å². The fourth-order valence-electron chi connectivity index (χ4n) is 0.866. The number of hydrogen-bond acceptors (Lipinski definition) is 4. The van der Waals surface area contributed by atoms with Gasteiger partial charge >= 0.3 is 0 Å². The van der Waals surface area contributed by atoms with Crippen molar-refractivity contribution in [2.24, 2.45) is 0 Å². The van der Waals surface area contributed by atoms with Crippen LogP contribution in [0.15, 0.2) is 0 Å². The summed E-state index contributed by atoms with van der Waals surface area (Å²) in [5.74, 6) is 0. The van der Waals surface area contributed by atoms with Gasteiger partial charge in [0.05, 0.1) is 6.61 Å². The van der Waals surface area contributed by atoms with Crippen molar-refractivity contribution in [1.29, 1.82) is 0 Å². The molecule has 0 aromatic rings. The van der Waals surface area contributed by atoms with Crippen molar-refractivity contribution in [3.05, 3.63) is 0 Å². The Morgan fingerprint density at radius 3 is 2.38 bits per heavy atom. The van der Waals surface area contributed by atoms with Crippen molar-refractivity contribution >= 4 is 18.9 Å². The van der Waals surface area contributed by atoms with Gasteiger partial charge in [-0.25, -0.2) is 0 Å².